The van der Waals surface area contributed by atoms with Gasteiger partial charge >= 0.3 is 5.97 Å². The number of carbonyl (C=O) groups is 2. The molecule has 496 valence electrons. The quantitative estimate of drug-likeness (QED) is 0.0320. The van der Waals surface area contributed by atoms with Crippen molar-refractivity contribution in [1.82, 2.24) is 5.32 Å². The SMILES string of the molecule is CCCCCCC/C=C\CCCCCCCC(=O)OCCCCCCCCCCCCC/C=C\C/C=C\CCCCCCCCCCCCCCCCCCCC(=O)NC(CO)C(O)CCCCCCCCCCCCCCCCCCCC. The van der Waals surface area contributed by atoms with Crippen LogP contribution < -0.4 is 5.32 Å². The zero-order valence-corrected chi connectivity index (χ0v) is 56.9. The van der Waals surface area contributed by atoms with Gasteiger partial charge in [-0.3, -0.25) is 9.59 Å². The molecule has 0 aliphatic heterocycles. The van der Waals surface area contributed by atoms with Crippen LogP contribution in [0.2, 0.25) is 0 Å². The minimum Gasteiger partial charge on any atom is -0.466 e. The lowest BCUT2D eigenvalue weighted by Crippen LogP contribution is -2.45. The topological polar surface area (TPSA) is 95.9 Å². The first-order valence-electron chi connectivity index (χ1n) is 38.2. The van der Waals surface area contributed by atoms with Crippen LogP contribution in [-0.4, -0.2) is 47.4 Å². The average Bonchev–Trinajstić information content (AvgIpc) is 3.51. The standard InChI is InChI=1S/C78H149NO5/c1-3-5-7-9-11-13-15-17-19-20-40-43-46-50-54-58-62-66-70-76(81)75(74-80)79-77(82)71-67-63-59-55-51-47-44-41-38-36-34-32-30-28-26-24-22-21-23-25-27-29-31-33-35-37-39-42-45-49-53-57-61-65-69-73-84-78(83)72-68-64-60-56-52-48-18-16-14-12-10-8-6-4-2/h16,18,23,25,29,31,75-76,80-81H,3-15,17,19-22,24,26-28,30,32-74H2,1-2H3,(H,79,82)/b18-16-,25-23-,31-29-. The second kappa shape index (κ2) is 73.5. The maximum absolute atomic E-state index is 12.5. The van der Waals surface area contributed by atoms with E-state index in [9.17, 15) is 19.8 Å². The van der Waals surface area contributed by atoms with Crippen LogP contribution in [0.5, 0.6) is 0 Å². The number of hydrogen-bond donors (Lipinski definition) is 3. The summed E-state index contributed by atoms with van der Waals surface area (Å²) in [5.41, 5.74) is 0. The Morgan fingerprint density at radius 3 is 0.917 bits per heavy atom. The molecule has 0 aromatic rings. The Kier molecular flexibility index (Phi) is 71.9. The second-order valence-electron chi connectivity index (χ2n) is 26.3. The van der Waals surface area contributed by atoms with Crippen LogP contribution in [0.4, 0.5) is 0 Å². The fourth-order valence-electron chi connectivity index (χ4n) is 12.1. The summed E-state index contributed by atoms with van der Waals surface area (Å²) in [5, 5.41) is 23.4. The molecule has 0 rings (SSSR count). The van der Waals surface area contributed by atoms with Crippen molar-refractivity contribution in [3.8, 4) is 0 Å². The van der Waals surface area contributed by atoms with Gasteiger partial charge in [-0.15, -0.1) is 0 Å². The predicted octanol–water partition coefficient (Wildman–Crippen LogP) is 25.0. The molecule has 6 nitrogen and oxygen atoms in total. The van der Waals surface area contributed by atoms with E-state index in [1.54, 1.807) is 0 Å². The highest BCUT2D eigenvalue weighted by Crippen LogP contribution is 2.19. The van der Waals surface area contributed by atoms with Crippen molar-refractivity contribution in [2.45, 2.75) is 437 Å². The van der Waals surface area contributed by atoms with Crippen molar-refractivity contribution >= 4 is 11.9 Å². The van der Waals surface area contributed by atoms with Crippen molar-refractivity contribution in [3.63, 3.8) is 0 Å². The second-order valence-corrected chi connectivity index (χ2v) is 26.3. The molecule has 1 amide bonds. The third-order valence-corrected chi connectivity index (χ3v) is 17.9. The minimum atomic E-state index is -0.663. The van der Waals surface area contributed by atoms with Gasteiger partial charge in [0.05, 0.1) is 25.4 Å². The average molecular weight is 1180 g/mol. The Morgan fingerprint density at radius 1 is 0.333 bits per heavy atom. The third-order valence-electron chi connectivity index (χ3n) is 17.9. The number of unbranched alkanes of at least 4 members (excludes halogenated alkanes) is 55. The number of rotatable bonds is 72. The van der Waals surface area contributed by atoms with E-state index in [-0.39, 0.29) is 18.5 Å². The molecule has 0 spiro atoms. The highest BCUT2D eigenvalue weighted by molar-refractivity contribution is 5.76. The molecule has 0 saturated carbocycles. The van der Waals surface area contributed by atoms with E-state index in [1.165, 1.54) is 340 Å². The van der Waals surface area contributed by atoms with E-state index < -0.39 is 12.1 Å². The van der Waals surface area contributed by atoms with Gasteiger partial charge in [0, 0.05) is 12.8 Å². The normalized spacial score (nSPS) is 12.7. The number of aliphatic hydroxyl groups is 2. The Balaban J connectivity index is 3.37. The van der Waals surface area contributed by atoms with E-state index in [4.69, 9.17) is 4.74 Å². The molecule has 0 aliphatic rings. The molecule has 6 heteroatoms. The highest BCUT2D eigenvalue weighted by Gasteiger charge is 2.20. The fourth-order valence-corrected chi connectivity index (χ4v) is 12.1. The molecule has 0 radical (unpaired) electrons. The zero-order valence-electron chi connectivity index (χ0n) is 56.9. The molecular formula is C78H149NO5. The Labute approximate surface area is 525 Å². The van der Waals surface area contributed by atoms with Crippen LogP contribution >= 0.6 is 0 Å². The molecule has 3 N–H and O–H groups in total. The van der Waals surface area contributed by atoms with E-state index in [0.29, 0.717) is 25.9 Å². The molecule has 2 atom stereocenters. The molecule has 0 aromatic heterocycles. The largest absolute Gasteiger partial charge is 0.466 e. The van der Waals surface area contributed by atoms with Crippen molar-refractivity contribution in [2.24, 2.45) is 0 Å². The van der Waals surface area contributed by atoms with Crippen LogP contribution in [0.15, 0.2) is 36.5 Å². The molecule has 0 heterocycles. The summed E-state index contributed by atoms with van der Waals surface area (Å²) in [7, 11) is 0. The number of allylic oxidation sites excluding steroid dienone is 6. The lowest BCUT2D eigenvalue weighted by molar-refractivity contribution is -0.143. The van der Waals surface area contributed by atoms with Gasteiger partial charge in [-0.1, -0.05) is 365 Å². The Hall–Kier alpha value is -1.92. The summed E-state index contributed by atoms with van der Waals surface area (Å²) in [4.78, 5) is 24.6. The number of carbonyl (C=O) groups excluding carboxylic acids is 2. The third kappa shape index (κ3) is 69.2. The maximum Gasteiger partial charge on any atom is 0.305 e. The molecule has 84 heavy (non-hydrogen) atoms. The van der Waals surface area contributed by atoms with Gasteiger partial charge in [-0.25, -0.2) is 0 Å². The summed E-state index contributed by atoms with van der Waals surface area (Å²) in [5.74, 6) is -0.0199. The van der Waals surface area contributed by atoms with Crippen LogP contribution in [0.3, 0.4) is 0 Å². The number of hydrogen-bond acceptors (Lipinski definition) is 5. The first-order chi connectivity index (χ1) is 41.5. The van der Waals surface area contributed by atoms with Crippen LogP contribution in [0.1, 0.15) is 425 Å². The van der Waals surface area contributed by atoms with Gasteiger partial charge < -0.3 is 20.3 Å². The molecular weight excluding hydrogens is 1030 g/mol. The van der Waals surface area contributed by atoms with Gasteiger partial charge in [0.15, 0.2) is 0 Å². The van der Waals surface area contributed by atoms with Crippen LogP contribution in [0.25, 0.3) is 0 Å². The first-order valence-corrected chi connectivity index (χ1v) is 38.2. The van der Waals surface area contributed by atoms with E-state index >= 15 is 0 Å². The summed E-state index contributed by atoms with van der Waals surface area (Å²) in [6.45, 7) is 4.98. The van der Waals surface area contributed by atoms with Gasteiger partial charge in [-0.05, 0) is 83.5 Å². The molecule has 0 aliphatic carbocycles. The molecule has 0 saturated heterocycles. The molecule has 0 aromatic carbocycles. The molecule has 2 unspecified atom stereocenters. The predicted molar refractivity (Wildman–Crippen MR) is 370 cm³/mol. The number of ether oxygens (including phenoxy) is 1. The lowest BCUT2D eigenvalue weighted by Gasteiger charge is -2.22. The lowest BCUT2D eigenvalue weighted by atomic mass is 10.0. The maximum atomic E-state index is 12.5. The van der Waals surface area contributed by atoms with Crippen LogP contribution in [0, 0.1) is 0 Å². The van der Waals surface area contributed by atoms with E-state index in [2.05, 4.69) is 55.6 Å². The summed E-state index contributed by atoms with van der Waals surface area (Å²) < 4.78 is 5.49. The van der Waals surface area contributed by atoms with Gasteiger partial charge in [0.2, 0.25) is 5.91 Å². The van der Waals surface area contributed by atoms with Gasteiger partial charge in [0.25, 0.3) is 0 Å². The number of aliphatic hydroxyl groups excluding tert-OH is 2. The highest BCUT2D eigenvalue weighted by atomic mass is 16.5. The van der Waals surface area contributed by atoms with Crippen molar-refractivity contribution in [2.75, 3.05) is 13.2 Å². The molecule has 0 bridgehead atoms. The summed E-state index contributed by atoms with van der Waals surface area (Å²) >= 11 is 0. The van der Waals surface area contributed by atoms with Gasteiger partial charge in [0.1, 0.15) is 0 Å². The Bertz CT molecular complexity index is 1360. The van der Waals surface area contributed by atoms with E-state index in [1.807, 2.05) is 0 Å². The minimum absolute atomic E-state index is 0.00874. The fraction of sp³-hybridized carbons (Fsp3) is 0.897. The van der Waals surface area contributed by atoms with Crippen molar-refractivity contribution in [1.29, 1.82) is 0 Å². The summed E-state index contributed by atoms with van der Waals surface area (Å²) in [6, 6.07) is -0.540. The number of nitrogens with one attached hydrogen (secondary N) is 1. The first kappa shape index (κ1) is 82.1. The number of amides is 1. The van der Waals surface area contributed by atoms with Crippen molar-refractivity contribution < 1.29 is 24.5 Å². The Morgan fingerprint density at radius 2 is 0.595 bits per heavy atom. The smallest absolute Gasteiger partial charge is 0.305 e. The molecule has 0 fully saturated rings. The monoisotopic (exact) mass is 1180 g/mol. The number of esters is 1. The van der Waals surface area contributed by atoms with Crippen molar-refractivity contribution in [3.05, 3.63) is 36.5 Å². The summed E-state index contributed by atoms with van der Waals surface area (Å²) in [6.07, 6.45) is 95.1. The van der Waals surface area contributed by atoms with Crippen LogP contribution in [-0.2, 0) is 14.3 Å². The van der Waals surface area contributed by atoms with E-state index in [0.717, 1.165) is 51.4 Å². The zero-order chi connectivity index (χ0) is 60.6. The van der Waals surface area contributed by atoms with Gasteiger partial charge in [-0.2, -0.15) is 0 Å².